The number of amidine groups is 1. The van der Waals surface area contributed by atoms with Crippen molar-refractivity contribution in [2.45, 2.75) is 17.4 Å². The van der Waals surface area contributed by atoms with Gasteiger partial charge in [-0.2, -0.15) is 4.72 Å². The Morgan fingerprint density at radius 2 is 1.60 bits per heavy atom. The number of rotatable bonds is 9. The minimum absolute atomic E-state index is 0.0894. The fourth-order valence-corrected chi connectivity index (χ4v) is 4.21. The molecule has 0 fully saturated rings. The molecular formula is C22H19F3N4O5S. The average Bonchev–Trinajstić information content (AvgIpc) is 2.81. The molecule has 1 atom stereocenters. The van der Waals surface area contributed by atoms with E-state index in [1.54, 1.807) is 0 Å². The molecule has 3 aromatic carbocycles. The zero-order valence-electron chi connectivity index (χ0n) is 17.8. The van der Waals surface area contributed by atoms with E-state index >= 15 is 0 Å². The van der Waals surface area contributed by atoms with Crippen molar-refractivity contribution in [3.63, 3.8) is 0 Å². The first-order valence-electron chi connectivity index (χ1n) is 9.82. The van der Waals surface area contributed by atoms with Crippen molar-refractivity contribution in [2.24, 2.45) is 5.73 Å². The normalized spacial score (nSPS) is 12.1. The number of halogens is 3. The van der Waals surface area contributed by atoms with Crippen molar-refractivity contribution < 1.29 is 36.3 Å². The van der Waals surface area contributed by atoms with Crippen LogP contribution in [0, 0.1) is 22.9 Å². The SMILES string of the molecule is N=C(N)c1ccc(C[C@@H](NS(=O)(=O)c2cc(F)c(Oc3ccc(F)cc3)c(F)c2)C(=O)NO)cc1. The first kappa shape index (κ1) is 25.7. The third-order valence-corrected chi connectivity index (χ3v) is 6.20. The third kappa shape index (κ3) is 6.35. The molecule has 3 aromatic rings. The molecule has 9 nitrogen and oxygen atoms in total. The predicted octanol–water partition coefficient (Wildman–Crippen LogP) is 2.58. The minimum atomic E-state index is -4.66. The number of hydrogen-bond donors (Lipinski definition) is 5. The van der Waals surface area contributed by atoms with E-state index in [0.29, 0.717) is 23.3 Å². The molecule has 0 radical (unpaired) electrons. The lowest BCUT2D eigenvalue weighted by molar-refractivity contribution is -0.130. The van der Waals surface area contributed by atoms with Crippen molar-refractivity contribution in [3.05, 3.63) is 89.2 Å². The third-order valence-electron chi connectivity index (χ3n) is 4.74. The maximum atomic E-state index is 14.5. The summed E-state index contributed by atoms with van der Waals surface area (Å²) in [6.45, 7) is 0. The van der Waals surface area contributed by atoms with Crippen LogP contribution in [-0.4, -0.2) is 31.4 Å². The van der Waals surface area contributed by atoms with Crippen molar-refractivity contribution in [1.82, 2.24) is 10.2 Å². The van der Waals surface area contributed by atoms with Gasteiger partial charge in [0.2, 0.25) is 10.0 Å². The lowest BCUT2D eigenvalue weighted by Crippen LogP contribution is -2.47. The van der Waals surface area contributed by atoms with Crippen LogP contribution in [0.1, 0.15) is 11.1 Å². The summed E-state index contributed by atoms with van der Waals surface area (Å²) in [7, 11) is -4.66. The van der Waals surface area contributed by atoms with Crippen LogP contribution in [0.2, 0.25) is 0 Å². The minimum Gasteiger partial charge on any atom is -0.451 e. The Morgan fingerprint density at radius 1 is 1.03 bits per heavy atom. The summed E-state index contributed by atoms with van der Waals surface area (Å²) in [4.78, 5) is 11.2. The van der Waals surface area contributed by atoms with E-state index in [2.05, 4.69) is 0 Å². The molecule has 0 spiro atoms. The van der Waals surface area contributed by atoms with Gasteiger partial charge in [-0.3, -0.25) is 15.4 Å². The van der Waals surface area contributed by atoms with Gasteiger partial charge in [0.25, 0.3) is 5.91 Å². The van der Waals surface area contributed by atoms with Gasteiger partial charge in [0.15, 0.2) is 17.4 Å². The van der Waals surface area contributed by atoms with E-state index in [4.69, 9.17) is 21.1 Å². The smallest absolute Gasteiger partial charge is 0.261 e. The van der Waals surface area contributed by atoms with Crippen LogP contribution in [0.25, 0.3) is 0 Å². The van der Waals surface area contributed by atoms with Crippen molar-refractivity contribution in [2.75, 3.05) is 0 Å². The summed E-state index contributed by atoms with van der Waals surface area (Å²) in [5.74, 6) is -5.64. The van der Waals surface area contributed by atoms with Crippen LogP contribution in [0.15, 0.2) is 65.6 Å². The molecule has 0 aliphatic rings. The van der Waals surface area contributed by atoms with Gasteiger partial charge in [0, 0.05) is 5.56 Å². The quantitative estimate of drug-likeness (QED) is 0.130. The summed E-state index contributed by atoms with van der Waals surface area (Å²) < 4.78 is 74.7. The molecule has 0 bridgehead atoms. The Bertz CT molecular complexity index is 1330. The van der Waals surface area contributed by atoms with Gasteiger partial charge in [-0.15, -0.1) is 0 Å². The molecule has 0 saturated heterocycles. The van der Waals surface area contributed by atoms with Crippen LogP contribution in [0.3, 0.4) is 0 Å². The summed E-state index contributed by atoms with van der Waals surface area (Å²) in [5.41, 5.74) is 7.54. The molecule has 3 rings (SSSR count). The van der Waals surface area contributed by atoms with E-state index in [9.17, 15) is 26.4 Å². The highest BCUT2D eigenvalue weighted by atomic mass is 32.2. The number of nitrogen functional groups attached to an aromatic ring is 1. The van der Waals surface area contributed by atoms with Crippen LogP contribution >= 0.6 is 0 Å². The lowest BCUT2D eigenvalue weighted by atomic mass is 10.0. The monoisotopic (exact) mass is 508 g/mol. The molecule has 0 aliphatic carbocycles. The van der Waals surface area contributed by atoms with Crippen molar-refractivity contribution in [1.29, 1.82) is 5.41 Å². The molecule has 0 saturated carbocycles. The Labute approximate surface area is 197 Å². The largest absolute Gasteiger partial charge is 0.451 e. The molecule has 184 valence electrons. The van der Waals surface area contributed by atoms with Crippen molar-refractivity contribution >= 4 is 21.8 Å². The fourth-order valence-electron chi connectivity index (χ4n) is 2.99. The summed E-state index contributed by atoms with van der Waals surface area (Å²) in [5, 5.41) is 16.4. The maximum Gasteiger partial charge on any atom is 0.261 e. The second-order valence-corrected chi connectivity index (χ2v) is 8.95. The highest BCUT2D eigenvalue weighted by Gasteiger charge is 2.28. The van der Waals surface area contributed by atoms with Crippen LogP contribution in [0.4, 0.5) is 13.2 Å². The van der Waals surface area contributed by atoms with Crippen LogP contribution in [-0.2, 0) is 21.2 Å². The number of nitrogens with one attached hydrogen (secondary N) is 3. The second kappa shape index (κ2) is 10.5. The van der Waals surface area contributed by atoms with E-state index in [1.165, 1.54) is 29.7 Å². The standard InChI is InChI=1S/C22H19F3N4O5S/c23-14-5-7-15(8-6-14)34-20-17(24)10-16(11-18(20)25)35(32,33)29-19(22(30)28-31)9-12-1-3-13(4-2-12)21(26)27/h1-8,10-11,19,29,31H,9H2,(H3,26,27)(H,28,30)/t19-/m1/s1. The number of carbonyl (C=O) groups is 1. The van der Waals surface area contributed by atoms with E-state index in [-0.39, 0.29) is 18.0 Å². The van der Waals surface area contributed by atoms with E-state index in [0.717, 1.165) is 24.3 Å². The molecule has 13 heteroatoms. The van der Waals surface area contributed by atoms with E-state index < -0.39 is 50.1 Å². The summed E-state index contributed by atoms with van der Waals surface area (Å²) in [6.07, 6.45) is -0.249. The molecule has 0 aliphatic heterocycles. The molecular weight excluding hydrogens is 489 g/mol. The maximum absolute atomic E-state index is 14.5. The number of amides is 1. The first-order valence-corrected chi connectivity index (χ1v) is 11.3. The number of nitrogens with two attached hydrogens (primary N) is 1. The number of hydrogen-bond acceptors (Lipinski definition) is 6. The fraction of sp³-hybridized carbons (Fsp3) is 0.0909. The lowest BCUT2D eigenvalue weighted by Gasteiger charge is -2.18. The van der Waals surface area contributed by atoms with Gasteiger partial charge in [-0.05, 0) is 48.4 Å². The number of hydroxylamine groups is 1. The second-order valence-electron chi connectivity index (χ2n) is 7.24. The van der Waals surface area contributed by atoms with Gasteiger partial charge in [0.05, 0.1) is 4.90 Å². The summed E-state index contributed by atoms with van der Waals surface area (Å²) >= 11 is 0. The molecule has 0 aromatic heterocycles. The van der Waals surface area contributed by atoms with Gasteiger partial charge >= 0.3 is 0 Å². The average molecular weight is 508 g/mol. The number of sulfonamides is 1. The molecule has 0 unspecified atom stereocenters. The van der Waals surface area contributed by atoms with Gasteiger partial charge in [-0.25, -0.2) is 27.1 Å². The topological polar surface area (TPSA) is 155 Å². The Morgan fingerprint density at radius 3 is 2.11 bits per heavy atom. The van der Waals surface area contributed by atoms with Crippen LogP contribution in [0.5, 0.6) is 11.5 Å². The molecule has 35 heavy (non-hydrogen) atoms. The van der Waals surface area contributed by atoms with E-state index in [1.807, 2.05) is 4.72 Å². The molecule has 0 heterocycles. The Hall–Kier alpha value is -3.94. The first-order chi connectivity index (χ1) is 16.5. The highest BCUT2D eigenvalue weighted by Crippen LogP contribution is 2.30. The van der Waals surface area contributed by atoms with Crippen LogP contribution < -0.4 is 20.7 Å². The summed E-state index contributed by atoms with van der Waals surface area (Å²) in [6, 6.07) is 9.61. The van der Waals surface area contributed by atoms with Gasteiger partial charge in [0.1, 0.15) is 23.4 Å². The predicted molar refractivity (Wildman–Crippen MR) is 118 cm³/mol. The number of carbonyl (C=O) groups excluding carboxylic acids is 1. The zero-order valence-corrected chi connectivity index (χ0v) is 18.6. The van der Waals surface area contributed by atoms with Gasteiger partial charge in [-0.1, -0.05) is 24.3 Å². The molecule has 6 N–H and O–H groups in total. The Kier molecular flexibility index (Phi) is 7.74. The number of ether oxygens (including phenoxy) is 1. The highest BCUT2D eigenvalue weighted by molar-refractivity contribution is 7.89. The zero-order chi connectivity index (χ0) is 25.8. The Balaban J connectivity index is 1.84. The molecule has 1 amide bonds. The van der Waals surface area contributed by atoms with Crippen molar-refractivity contribution in [3.8, 4) is 11.5 Å². The van der Waals surface area contributed by atoms with Gasteiger partial charge < -0.3 is 10.5 Å². The number of benzene rings is 3.